The van der Waals surface area contributed by atoms with Gasteiger partial charge in [0.15, 0.2) is 0 Å². The van der Waals surface area contributed by atoms with Crippen LogP contribution in [0, 0.1) is 17.8 Å². The largest absolute Gasteiger partial charge is 0.379 e. The molecule has 1 aromatic carbocycles. The van der Waals surface area contributed by atoms with Gasteiger partial charge in [0, 0.05) is 31.4 Å². The van der Waals surface area contributed by atoms with Crippen LogP contribution in [0.2, 0.25) is 0 Å². The summed E-state index contributed by atoms with van der Waals surface area (Å²) < 4.78 is 5.38. The number of nitrogens with two attached hydrogens (primary N) is 1. The van der Waals surface area contributed by atoms with E-state index in [0.29, 0.717) is 11.8 Å². The summed E-state index contributed by atoms with van der Waals surface area (Å²) in [5, 5.41) is 3.09. The molecule has 3 N–H and O–H groups in total. The molecule has 7 heteroatoms. The second-order valence-corrected chi connectivity index (χ2v) is 7.83. The van der Waals surface area contributed by atoms with Crippen LogP contribution in [0.3, 0.4) is 0 Å². The molecule has 27 heavy (non-hydrogen) atoms. The van der Waals surface area contributed by atoms with Crippen LogP contribution in [-0.2, 0) is 16.0 Å². The lowest BCUT2D eigenvalue weighted by Gasteiger charge is -2.27. The first-order chi connectivity index (χ1) is 12.2. The van der Waals surface area contributed by atoms with Crippen molar-refractivity contribution in [2.45, 2.75) is 31.7 Å². The van der Waals surface area contributed by atoms with E-state index in [1.807, 2.05) is 12.1 Å². The maximum atomic E-state index is 12.6. The zero-order valence-corrected chi connectivity index (χ0v) is 17.3. The van der Waals surface area contributed by atoms with E-state index in [0.717, 1.165) is 57.8 Å². The molecule has 4 atom stereocenters. The molecule has 152 valence electrons. The molecule has 1 aromatic rings. The fourth-order valence-electron chi connectivity index (χ4n) is 4.82. The molecular formula is C20H31Cl2N3O2. The Labute approximate surface area is 174 Å². The molecule has 1 aliphatic heterocycles. The fraction of sp³-hybridized carbons (Fsp3) is 0.650. The van der Waals surface area contributed by atoms with Gasteiger partial charge in [-0.2, -0.15) is 0 Å². The standard InChI is InChI=1S/C20H29N3O2.2ClH/c21-19-16-4-3-15(13-16)18(19)20(24)22-17-5-1-14(2-6-17)7-8-23-9-11-25-12-10-23;;/h1-2,5-6,15-16,18-19H,3-4,7-13,21H2,(H,22,24);2*1H. The van der Waals surface area contributed by atoms with Gasteiger partial charge >= 0.3 is 0 Å². The highest BCUT2D eigenvalue weighted by Crippen LogP contribution is 2.47. The van der Waals surface area contributed by atoms with Crippen molar-refractivity contribution in [3.8, 4) is 0 Å². The SMILES string of the molecule is Cl.Cl.NC1C2CCC(C2)C1C(=O)Nc1ccc(CCN2CCOCC2)cc1. The summed E-state index contributed by atoms with van der Waals surface area (Å²) in [4.78, 5) is 15.1. The van der Waals surface area contributed by atoms with Crippen molar-refractivity contribution in [2.75, 3.05) is 38.2 Å². The van der Waals surface area contributed by atoms with Crippen LogP contribution in [0.15, 0.2) is 24.3 Å². The summed E-state index contributed by atoms with van der Waals surface area (Å²) in [6, 6.07) is 8.33. The van der Waals surface area contributed by atoms with Crippen LogP contribution < -0.4 is 11.1 Å². The molecule has 1 saturated heterocycles. The highest BCUT2D eigenvalue weighted by molar-refractivity contribution is 5.93. The van der Waals surface area contributed by atoms with Crippen LogP contribution in [0.5, 0.6) is 0 Å². The average Bonchev–Trinajstić information content (AvgIpc) is 3.23. The molecule has 3 aliphatic rings. The zero-order valence-electron chi connectivity index (χ0n) is 15.6. The van der Waals surface area contributed by atoms with Gasteiger partial charge in [-0.1, -0.05) is 12.1 Å². The molecule has 0 aromatic heterocycles. The summed E-state index contributed by atoms with van der Waals surface area (Å²) in [6.07, 6.45) is 4.54. The van der Waals surface area contributed by atoms with E-state index in [9.17, 15) is 4.79 Å². The smallest absolute Gasteiger partial charge is 0.229 e. The van der Waals surface area contributed by atoms with Crippen LogP contribution in [-0.4, -0.2) is 49.7 Å². The molecule has 3 fully saturated rings. The van der Waals surface area contributed by atoms with Gasteiger partial charge in [-0.15, -0.1) is 24.8 Å². The van der Waals surface area contributed by atoms with Gasteiger partial charge in [0.2, 0.25) is 5.91 Å². The number of nitrogens with one attached hydrogen (secondary N) is 1. The third-order valence-electron chi connectivity index (χ3n) is 6.33. The quantitative estimate of drug-likeness (QED) is 0.775. The number of ether oxygens (including phenoxy) is 1. The minimum absolute atomic E-state index is 0. The van der Waals surface area contributed by atoms with Crippen molar-refractivity contribution in [1.29, 1.82) is 0 Å². The Balaban J connectivity index is 0.00000131. The van der Waals surface area contributed by atoms with E-state index in [2.05, 4.69) is 22.3 Å². The molecule has 5 nitrogen and oxygen atoms in total. The Kier molecular flexibility index (Phi) is 8.38. The number of anilines is 1. The van der Waals surface area contributed by atoms with E-state index in [4.69, 9.17) is 10.5 Å². The summed E-state index contributed by atoms with van der Waals surface area (Å²) in [5.41, 5.74) is 8.47. The molecule has 4 rings (SSSR count). The highest BCUT2D eigenvalue weighted by atomic mass is 35.5. The first-order valence-electron chi connectivity index (χ1n) is 9.66. The molecular weight excluding hydrogens is 385 g/mol. The van der Waals surface area contributed by atoms with Gasteiger partial charge in [-0.25, -0.2) is 0 Å². The predicted octanol–water partition coefficient (Wildman–Crippen LogP) is 2.72. The number of morpholine rings is 1. The topological polar surface area (TPSA) is 67.6 Å². The Morgan fingerprint density at radius 2 is 1.78 bits per heavy atom. The molecule has 0 spiro atoms. The first kappa shape index (κ1) is 22.4. The number of carbonyl (C=O) groups is 1. The number of hydrogen-bond acceptors (Lipinski definition) is 4. The van der Waals surface area contributed by atoms with E-state index >= 15 is 0 Å². The van der Waals surface area contributed by atoms with Crippen molar-refractivity contribution >= 4 is 36.4 Å². The Bertz CT molecular complexity index is 606. The van der Waals surface area contributed by atoms with E-state index in [1.165, 1.54) is 12.0 Å². The Morgan fingerprint density at radius 3 is 2.41 bits per heavy atom. The van der Waals surface area contributed by atoms with Gasteiger partial charge < -0.3 is 15.8 Å². The molecule has 4 unspecified atom stereocenters. The number of rotatable bonds is 5. The first-order valence-corrected chi connectivity index (χ1v) is 9.66. The van der Waals surface area contributed by atoms with Gasteiger partial charge in [0.1, 0.15) is 0 Å². The van der Waals surface area contributed by atoms with Crippen LogP contribution in [0.4, 0.5) is 5.69 Å². The van der Waals surface area contributed by atoms with Crippen molar-refractivity contribution in [3.63, 3.8) is 0 Å². The van der Waals surface area contributed by atoms with Crippen molar-refractivity contribution in [3.05, 3.63) is 29.8 Å². The maximum absolute atomic E-state index is 12.6. The van der Waals surface area contributed by atoms with E-state index in [-0.39, 0.29) is 42.7 Å². The monoisotopic (exact) mass is 415 g/mol. The number of hydrogen-bond donors (Lipinski definition) is 2. The van der Waals surface area contributed by atoms with Crippen molar-refractivity contribution in [1.82, 2.24) is 4.90 Å². The minimum Gasteiger partial charge on any atom is -0.379 e. The second kappa shape index (κ2) is 10.1. The van der Waals surface area contributed by atoms with Crippen LogP contribution >= 0.6 is 24.8 Å². The number of benzene rings is 1. The van der Waals surface area contributed by atoms with Gasteiger partial charge in [0.05, 0.1) is 19.1 Å². The summed E-state index contributed by atoms with van der Waals surface area (Å²) in [7, 11) is 0. The minimum atomic E-state index is -0.000234. The second-order valence-electron chi connectivity index (χ2n) is 7.83. The molecule has 0 radical (unpaired) electrons. The number of halogens is 2. The van der Waals surface area contributed by atoms with Crippen LogP contribution in [0.25, 0.3) is 0 Å². The van der Waals surface area contributed by atoms with E-state index < -0.39 is 0 Å². The summed E-state index contributed by atoms with van der Waals surface area (Å²) in [6.45, 7) is 4.80. The number of amides is 1. The van der Waals surface area contributed by atoms with E-state index in [1.54, 1.807) is 0 Å². The highest BCUT2D eigenvalue weighted by Gasteiger charge is 2.49. The third-order valence-corrected chi connectivity index (χ3v) is 6.33. The lowest BCUT2D eigenvalue weighted by Crippen LogP contribution is -2.42. The van der Waals surface area contributed by atoms with Gasteiger partial charge in [-0.3, -0.25) is 9.69 Å². The summed E-state index contributed by atoms with van der Waals surface area (Å²) in [5.74, 6) is 1.16. The Hall–Kier alpha value is -0.850. The molecule has 1 heterocycles. The lowest BCUT2D eigenvalue weighted by molar-refractivity contribution is -0.121. The van der Waals surface area contributed by atoms with Crippen LogP contribution in [0.1, 0.15) is 24.8 Å². The lowest BCUT2D eigenvalue weighted by atomic mass is 9.84. The maximum Gasteiger partial charge on any atom is 0.229 e. The molecule has 1 amide bonds. The van der Waals surface area contributed by atoms with Gasteiger partial charge in [-0.05, 0) is 55.2 Å². The zero-order chi connectivity index (χ0) is 17.2. The number of nitrogens with zero attached hydrogens (tertiary/aromatic N) is 1. The molecule has 2 bridgehead atoms. The summed E-state index contributed by atoms with van der Waals surface area (Å²) >= 11 is 0. The third kappa shape index (κ3) is 5.15. The molecule has 2 saturated carbocycles. The fourth-order valence-corrected chi connectivity index (χ4v) is 4.82. The normalized spacial score (nSPS) is 29.7. The number of fused-ring (bicyclic) bond motifs is 2. The molecule has 2 aliphatic carbocycles. The van der Waals surface area contributed by atoms with Gasteiger partial charge in [0.25, 0.3) is 0 Å². The van der Waals surface area contributed by atoms with Crippen molar-refractivity contribution in [2.24, 2.45) is 23.5 Å². The van der Waals surface area contributed by atoms with Crippen molar-refractivity contribution < 1.29 is 9.53 Å². The Morgan fingerprint density at radius 1 is 1.11 bits per heavy atom. The number of carbonyl (C=O) groups excluding carboxylic acids is 1. The predicted molar refractivity (Wildman–Crippen MR) is 113 cm³/mol. The average molecular weight is 416 g/mol.